The molecule has 0 spiro atoms. The summed E-state index contributed by atoms with van der Waals surface area (Å²) in [7, 11) is 0. The summed E-state index contributed by atoms with van der Waals surface area (Å²) in [4.78, 5) is 17.3. The van der Waals surface area contributed by atoms with Gasteiger partial charge < -0.3 is 9.84 Å². The van der Waals surface area contributed by atoms with Crippen LogP contribution in [0.4, 0.5) is 0 Å². The Kier molecular flexibility index (Phi) is 4.87. The number of carbonyl (C=O) groups is 1. The van der Waals surface area contributed by atoms with Gasteiger partial charge in [-0.1, -0.05) is 12.5 Å². The number of piperazine rings is 1. The van der Waals surface area contributed by atoms with Gasteiger partial charge in [-0.3, -0.25) is 14.6 Å². The molecule has 0 amide bonds. The van der Waals surface area contributed by atoms with Crippen LogP contribution >= 0.6 is 0 Å². The molecule has 5 nitrogen and oxygen atoms in total. The molecule has 2 unspecified atom stereocenters. The number of aliphatic hydroxyl groups excluding tert-OH is 1. The average Bonchev–Trinajstić information content (AvgIpc) is 2.94. The van der Waals surface area contributed by atoms with Crippen molar-refractivity contribution in [2.45, 2.75) is 45.8 Å². The van der Waals surface area contributed by atoms with E-state index in [0.717, 1.165) is 42.9 Å². The largest absolute Gasteiger partial charge is 0.496 e. The number of hydrogen-bond acceptors (Lipinski definition) is 5. The number of β-amino-alcohol motifs (C(OH)–C–C–N with tert-alkyl or cyclic N) is 1. The second kappa shape index (κ2) is 6.62. The monoisotopic (exact) mass is 334 g/mol. The molecule has 0 aromatic rings. The van der Waals surface area contributed by atoms with E-state index in [-0.39, 0.29) is 17.2 Å². The molecular formula is C19H30N2O3. The number of ketones is 1. The van der Waals surface area contributed by atoms with Crippen molar-refractivity contribution in [2.75, 3.05) is 39.3 Å². The molecule has 2 atom stereocenters. The number of carbonyl (C=O) groups excluding carboxylic acids is 1. The van der Waals surface area contributed by atoms with E-state index in [2.05, 4.69) is 30.6 Å². The van der Waals surface area contributed by atoms with Crippen molar-refractivity contribution in [3.63, 3.8) is 0 Å². The summed E-state index contributed by atoms with van der Waals surface area (Å²) in [6.45, 7) is 13.7. The van der Waals surface area contributed by atoms with Gasteiger partial charge in [-0.25, -0.2) is 0 Å². The van der Waals surface area contributed by atoms with E-state index in [1.807, 2.05) is 6.92 Å². The van der Waals surface area contributed by atoms with Gasteiger partial charge in [0.05, 0.1) is 18.3 Å². The Hall–Kier alpha value is -1.17. The molecule has 1 fully saturated rings. The molecule has 5 heteroatoms. The summed E-state index contributed by atoms with van der Waals surface area (Å²) in [5, 5.41) is 10.8. The highest BCUT2D eigenvalue weighted by molar-refractivity contribution is 5.90. The maximum absolute atomic E-state index is 12.5. The Labute approximate surface area is 145 Å². The van der Waals surface area contributed by atoms with Crippen molar-refractivity contribution in [3.05, 3.63) is 23.0 Å². The molecule has 1 saturated heterocycles. The lowest BCUT2D eigenvalue weighted by molar-refractivity contribution is -0.125. The lowest BCUT2D eigenvalue weighted by atomic mass is 9.77. The Morgan fingerprint density at radius 2 is 2.17 bits per heavy atom. The minimum Gasteiger partial charge on any atom is -0.496 e. The van der Waals surface area contributed by atoms with Crippen LogP contribution in [0.15, 0.2) is 23.0 Å². The summed E-state index contributed by atoms with van der Waals surface area (Å²) < 4.78 is 5.37. The topological polar surface area (TPSA) is 53.0 Å². The van der Waals surface area contributed by atoms with Gasteiger partial charge in [0.1, 0.15) is 12.4 Å². The molecular weight excluding hydrogens is 304 g/mol. The van der Waals surface area contributed by atoms with Crippen LogP contribution in [0.3, 0.4) is 0 Å². The van der Waals surface area contributed by atoms with Crippen molar-refractivity contribution in [3.8, 4) is 0 Å². The van der Waals surface area contributed by atoms with E-state index in [1.54, 1.807) is 6.26 Å². The van der Waals surface area contributed by atoms with E-state index in [1.165, 1.54) is 0 Å². The van der Waals surface area contributed by atoms with Crippen molar-refractivity contribution in [1.82, 2.24) is 9.80 Å². The number of nitrogens with zero attached hydrogens (tertiary/aromatic N) is 2. The van der Waals surface area contributed by atoms with Gasteiger partial charge in [0, 0.05) is 43.7 Å². The lowest BCUT2D eigenvalue weighted by Gasteiger charge is -2.47. The van der Waals surface area contributed by atoms with Gasteiger partial charge in [0.25, 0.3) is 0 Å². The zero-order chi connectivity index (χ0) is 17.5. The normalized spacial score (nSPS) is 29.3. The number of likely N-dealkylation sites (N-methyl/N-ethyl adjacent to an activating group) is 1. The third-order valence-electron chi connectivity index (χ3n) is 5.86. The van der Waals surface area contributed by atoms with E-state index < -0.39 is 6.10 Å². The highest BCUT2D eigenvalue weighted by atomic mass is 16.5. The number of fused-ring (bicyclic) bond motifs is 1. The molecule has 3 aliphatic rings. The molecule has 0 aromatic heterocycles. The van der Waals surface area contributed by atoms with E-state index >= 15 is 0 Å². The third kappa shape index (κ3) is 3.17. The first-order valence-electron chi connectivity index (χ1n) is 9.02. The number of Topliss-reactive ketones (excluding diaryl/α,β-unsaturated/α-hetero) is 1. The Morgan fingerprint density at radius 3 is 2.83 bits per heavy atom. The van der Waals surface area contributed by atoms with E-state index in [0.29, 0.717) is 19.6 Å². The Bertz CT molecular complexity index is 579. The highest BCUT2D eigenvalue weighted by Gasteiger charge is 2.39. The predicted molar refractivity (Wildman–Crippen MR) is 93.6 cm³/mol. The van der Waals surface area contributed by atoms with Gasteiger partial charge >= 0.3 is 0 Å². The molecule has 0 bridgehead atoms. The van der Waals surface area contributed by atoms with Gasteiger partial charge in [0.2, 0.25) is 0 Å². The Morgan fingerprint density at radius 1 is 1.42 bits per heavy atom. The highest BCUT2D eigenvalue weighted by Crippen LogP contribution is 2.36. The van der Waals surface area contributed by atoms with Crippen LogP contribution in [0.25, 0.3) is 0 Å². The zero-order valence-electron chi connectivity index (χ0n) is 15.3. The number of ether oxygens (including phenoxy) is 1. The van der Waals surface area contributed by atoms with Crippen molar-refractivity contribution in [2.24, 2.45) is 5.92 Å². The second-order valence-electron chi connectivity index (χ2n) is 7.93. The quantitative estimate of drug-likeness (QED) is 0.846. The minimum absolute atomic E-state index is 0.103. The van der Waals surface area contributed by atoms with Gasteiger partial charge in [-0.2, -0.15) is 0 Å². The number of hydrogen-bond donors (Lipinski definition) is 1. The van der Waals surface area contributed by atoms with Crippen LogP contribution in [-0.4, -0.2) is 71.7 Å². The first-order chi connectivity index (χ1) is 11.3. The molecule has 2 aliphatic heterocycles. The van der Waals surface area contributed by atoms with E-state index in [4.69, 9.17) is 4.74 Å². The van der Waals surface area contributed by atoms with Crippen LogP contribution in [0.5, 0.6) is 0 Å². The lowest BCUT2D eigenvalue weighted by Crippen LogP contribution is -2.60. The predicted octanol–water partition coefficient (Wildman–Crippen LogP) is 1.58. The molecule has 1 N–H and O–H groups in total. The fourth-order valence-electron chi connectivity index (χ4n) is 4.54. The van der Waals surface area contributed by atoms with Crippen molar-refractivity contribution in [1.29, 1.82) is 0 Å². The molecule has 3 rings (SSSR count). The Balaban J connectivity index is 1.69. The smallest absolute Gasteiger partial charge is 0.147 e. The minimum atomic E-state index is -0.642. The summed E-state index contributed by atoms with van der Waals surface area (Å²) in [6.07, 6.45) is 1.45. The van der Waals surface area contributed by atoms with Crippen LogP contribution in [0, 0.1) is 5.92 Å². The summed E-state index contributed by atoms with van der Waals surface area (Å²) >= 11 is 0. The summed E-state index contributed by atoms with van der Waals surface area (Å²) in [5.41, 5.74) is 3.22. The van der Waals surface area contributed by atoms with E-state index in [9.17, 15) is 9.90 Å². The number of aliphatic hydroxyl groups is 1. The molecule has 2 heterocycles. The standard InChI is InChI=1S/C19H30N2O3/c1-5-21-7-6-20(12-19(21,3)4)9-17(23)18-13(2)15-11-24-10-14(15)8-16(18)22/h10,17-18,23H,5-9,11-12H2,1-4H3. The van der Waals surface area contributed by atoms with Crippen LogP contribution in [0.2, 0.25) is 0 Å². The van der Waals surface area contributed by atoms with Crippen LogP contribution < -0.4 is 0 Å². The molecule has 0 radical (unpaired) electrons. The zero-order valence-corrected chi connectivity index (χ0v) is 15.3. The first kappa shape index (κ1) is 17.6. The summed E-state index contributed by atoms with van der Waals surface area (Å²) in [5.74, 6) is -0.266. The summed E-state index contributed by atoms with van der Waals surface area (Å²) in [6, 6.07) is 0. The molecule has 24 heavy (non-hydrogen) atoms. The van der Waals surface area contributed by atoms with Crippen LogP contribution in [0.1, 0.15) is 34.1 Å². The van der Waals surface area contributed by atoms with Gasteiger partial charge in [0.15, 0.2) is 0 Å². The average molecular weight is 334 g/mol. The SMILES string of the molecule is CCN1CCN(CC(O)C2C(=O)CC3=COCC3=C2C)CC1(C)C. The third-order valence-corrected chi connectivity index (χ3v) is 5.86. The number of rotatable bonds is 4. The molecule has 0 saturated carbocycles. The fraction of sp³-hybridized carbons (Fsp3) is 0.737. The maximum atomic E-state index is 12.5. The van der Waals surface area contributed by atoms with Gasteiger partial charge in [-0.05, 0) is 32.9 Å². The maximum Gasteiger partial charge on any atom is 0.147 e. The second-order valence-corrected chi connectivity index (χ2v) is 7.93. The fourth-order valence-corrected chi connectivity index (χ4v) is 4.54. The van der Waals surface area contributed by atoms with Gasteiger partial charge in [-0.15, -0.1) is 0 Å². The van der Waals surface area contributed by atoms with Crippen molar-refractivity contribution < 1.29 is 14.6 Å². The molecule has 0 aromatic carbocycles. The molecule has 134 valence electrons. The van der Waals surface area contributed by atoms with Crippen LogP contribution in [-0.2, 0) is 9.53 Å². The molecule has 1 aliphatic carbocycles. The van der Waals surface area contributed by atoms with Crippen molar-refractivity contribution >= 4 is 5.78 Å². The first-order valence-corrected chi connectivity index (χ1v) is 9.02.